The van der Waals surface area contributed by atoms with E-state index in [2.05, 4.69) is 38.9 Å². The molecule has 1 aromatic rings. The Bertz CT molecular complexity index is 252. The zero-order chi connectivity index (χ0) is 9.35. The Balaban J connectivity index is 3.04. The highest BCUT2D eigenvalue weighted by molar-refractivity contribution is 5.16. The van der Waals surface area contributed by atoms with Crippen molar-refractivity contribution in [1.29, 1.82) is 0 Å². The van der Waals surface area contributed by atoms with Gasteiger partial charge in [-0.05, 0) is 19.4 Å². The molecule has 0 spiro atoms. The Labute approximate surface area is 74.6 Å². The summed E-state index contributed by atoms with van der Waals surface area (Å²) in [5, 5.41) is 4.47. The zero-order valence-electron chi connectivity index (χ0n) is 8.68. The molecule has 68 valence electrons. The van der Waals surface area contributed by atoms with Gasteiger partial charge in [0.15, 0.2) is 0 Å². The highest BCUT2D eigenvalue weighted by Crippen LogP contribution is 2.25. The molecule has 2 nitrogen and oxygen atoms in total. The molecule has 1 heterocycles. The summed E-state index contributed by atoms with van der Waals surface area (Å²) in [6.07, 6.45) is 1.13. The van der Waals surface area contributed by atoms with E-state index in [4.69, 9.17) is 0 Å². The van der Waals surface area contributed by atoms with Crippen LogP contribution in [0, 0.1) is 6.92 Å². The Morgan fingerprint density at radius 3 is 2.42 bits per heavy atom. The van der Waals surface area contributed by atoms with Crippen molar-refractivity contribution >= 4 is 0 Å². The number of aryl methyl sites for hydroxylation is 2. The SMILES string of the molecule is CCC(C)(C)c1cc(C)n(C)n1. The molecule has 0 saturated heterocycles. The van der Waals surface area contributed by atoms with Crippen molar-refractivity contribution in [2.24, 2.45) is 7.05 Å². The maximum absolute atomic E-state index is 4.47. The van der Waals surface area contributed by atoms with E-state index < -0.39 is 0 Å². The molecule has 0 radical (unpaired) electrons. The maximum atomic E-state index is 4.47. The highest BCUT2D eigenvalue weighted by Gasteiger charge is 2.21. The lowest BCUT2D eigenvalue weighted by Gasteiger charge is -2.19. The summed E-state index contributed by atoms with van der Waals surface area (Å²) in [6, 6.07) is 2.17. The highest BCUT2D eigenvalue weighted by atomic mass is 15.3. The third-order valence-corrected chi connectivity index (χ3v) is 2.69. The van der Waals surface area contributed by atoms with Crippen molar-refractivity contribution in [1.82, 2.24) is 9.78 Å². The van der Waals surface area contributed by atoms with E-state index in [0.29, 0.717) is 0 Å². The lowest BCUT2D eigenvalue weighted by molar-refractivity contribution is 0.482. The van der Waals surface area contributed by atoms with Gasteiger partial charge in [0.1, 0.15) is 0 Å². The van der Waals surface area contributed by atoms with Crippen LogP contribution >= 0.6 is 0 Å². The average Bonchev–Trinajstić information content (AvgIpc) is 2.33. The summed E-state index contributed by atoms with van der Waals surface area (Å²) in [5.74, 6) is 0. The molecule has 0 atom stereocenters. The Kier molecular flexibility index (Phi) is 2.27. The van der Waals surface area contributed by atoms with Crippen molar-refractivity contribution in [3.8, 4) is 0 Å². The van der Waals surface area contributed by atoms with E-state index in [9.17, 15) is 0 Å². The van der Waals surface area contributed by atoms with Crippen LogP contribution in [0.25, 0.3) is 0 Å². The fraction of sp³-hybridized carbons (Fsp3) is 0.700. The molecule has 0 aromatic carbocycles. The molecule has 0 saturated carbocycles. The normalized spacial score (nSPS) is 12.1. The first kappa shape index (κ1) is 9.30. The van der Waals surface area contributed by atoms with Gasteiger partial charge in [0.05, 0.1) is 5.69 Å². The minimum absolute atomic E-state index is 0.214. The second kappa shape index (κ2) is 2.92. The van der Waals surface area contributed by atoms with Crippen LogP contribution < -0.4 is 0 Å². The predicted molar refractivity (Wildman–Crippen MR) is 51.3 cm³/mol. The van der Waals surface area contributed by atoms with Gasteiger partial charge in [-0.25, -0.2) is 0 Å². The zero-order valence-corrected chi connectivity index (χ0v) is 8.68. The lowest BCUT2D eigenvalue weighted by atomic mass is 9.86. The molecule has 0 unspecified atom stereocenters. The maximum Gasteiger partial charge on any atom is 0.0683 e. The Morgan fingerprint density at radius 1 is 1.50 bits per heavy atom. The van der Waals surface area contributed by atoms with E-state index in [1.54, 1.807) is 0 Å². The molecule has 0 N–H and O–H groups in total. The van der Waals surface area contributed by atoms with E-state index >= 15 is 0 Å². The van der Waals surface area contributed by atoms with Crippen LogP contribution in [0.2, 0.25) is 0 Å². The first-order valence-corrected chi connectivity index (χ1v) is 4.48. The van der Waals surface area contributed by atoms with E-state index in [1.807, 2.05) is 11.7 Å². The van der Waals surface area contributed by atoms with Crippen LogP contribution in [-0.2, 0) is 12.5 Å². The topological polar surface area (TPSA) is 17.8 Å². The van der Waals surface area contributed by atoms with Crippen LogP contribution in [0.15, 0.2) is 6.07 Å². The minimum atomic E-state index is 0.214. The van der Waals surface area contributed by atoms with Gasteiger partial charge in [-0.15, -0.1) is 0 Å². The summed E-state index contributed by atoms with van der Waals surface area (Å²) in [6.45, 7) is 8.75. The first-order valence-electron chi connectivity index (χ1n) is 4.48. The van der Waals surface area contributed by atoms with E-state index in [0.717, 1.165) is 6.42 Å². The Morgan fingerprint density at radius 2 is 2.08 bits per heavy atom. The van der Waals surface area contributed by atoms with Crippen LogP contribution in [0.1, 0.15) is 38.6 Å². The summed E-state index contributed by atoms with van der Waals surface area (Å²) in [7, 11) is 1.99. The van der Waals surface area contributed by atoms with Crippen LogP contribution in [0.4, 0.5) is 0 Å². The number of aromatic nitrogens is 2. The standard InChI is InChI=1S/C10H18N2/c1-6-10(3,4)9-7-8(2)12(5)11-9/h7H,6H2,1-5H3. The number of rotatable bonds is 2. The smallest absolute Gasteiger partial charge is 0.0683 e. The van der Waals surface area contributed by atoms with Crippen LogP contribution in [0.3, 0.4) is 0 Å². The molecule has 0 aliphatic heterocycles. The van der Waals surface area contributed by atoms with Gasteiger partial charge in [0.25, 0.3) is 0 Å². The monoisotopic (exact) mass is 166 g/mol. The van der Waals surface area contributed by atoms with E-state index in [1.165, 1.54) is 11.4 Å². The molecular weight excluding hydrogens is 148 g/mol. The van der Waals surface area contributed by atoms with Gasteiger partial charge >= 0.3 is 0 Å². The third-order valence-electron chi connectivity index (χ3n) is 2.69. The van der Waals surface area contributed by atoms with Crippen molar-refractivity contribution < 1.29 is 0 Å². The van der Waals surface area contributed by atoms with Gasteiger partial charge in [0.2, 0.25) is 0 Å². The fourth-order valence-electron chi connectivity index (χ4n) is 1.07. The van der Waals surface area contributed by atoms with E-state index in [-0.39, 0.29) is 5.41 Å². The quantitative estimate of drug-likeness (QED) is 0.659. The molecule has 12 heavy (non-hydrogen) atoms. The summed E-state index contributed by atoms with van der Waals surface area (Å²) in [5.41, 5.74) is 2.64. The van der Waals surface area contributed by atoms with Crippen molar-refractivity contribution in [2.75, 3.05) is 0 Å². The number of hydrogen-bond acceptors (Lipinski definition) is 1. The molecule has 0 amide bonds. The van der Waals surface area contributed by atoms with Gasteiger partial charge in [-0.2, -0.15) is 5.10 Å². The predicted octanol–water partition coefficient (Wildman–Crippen LogP) is 2.42. The third kappa shape index (κ3) is 1.52. The number of hydrogen-bond donors (Lipinski definition) is 0. The first-order chi connectivity index (χ1) is 5.47. The summed E-state index contributed by atoms with van der Waals surface area (Å²) in [4.78, 5) is 0. The van der Waals surface area contributed by atoms with Gasteiger partial charge < -0.3 is 0 Å². The van der Waals surface area contributed by atoms with Crippen molar-refractivity contribution in [3.05, 3.63) is 17.5 Å². The number of nitrogens with zero attached hydrogens (tertiary/aromatic N) is 2. The summed E-state index contributed by atoms with van der Waals surface area (Å²) < 4.78 is 1.94. The molecule has 2 heteroatoms. The molecule has 0 bridgehead atoms. The molecule has 1 rings (SSSR count). The molecule has 0 aliphatic rings. The van der Waals surface area contributed by atoms with Gasteiger partial charge in [-0.3, -0.25) is 4.68 Å². The van der Waals surface area contributed by atoms with Crippen LogP contribution in [0.5, 0.6) is 0 Å². The average molecular weight is 166 g/mol. The van der Waals surface area contributed by atoms with Crippen molar-refractivity contribution in [3.63, 3.8) is 0 Å². The second-order valence-electron chi connectivity index (χ2n) is 4.03. The molecule has 0 aliphatic carbocycles. The molecule has 0 fully saturated rings. The minimum Gasteiger partial charge on any atom is -0.273 e. The Hall–Kier alpha value is -0.790. The van der Waals surface area contributed by atoms with Gasteiger partial charge in [-0.1, -0.05) is 20.8 Å². The molecule has 1 aromatic heterocycles. The van der Waals surface area contributed by atoms with Gasteiger partial charge in [0, 0.05) is 18.2 Å². The van der Waals surface area contributed by atoms with Crippen molar-refractivity contribution in [2.45, 2.75) is 39.5 Å². The summed E-state index contributed by atoms with van der Waals surface area (Å²) >= 11 is 0. The lowest BCUT2D eigenvalue weighted by Crippen LogP contribution is -2.16. The largest absolute Gasteiger partial charge is 0.273 e. The fourth-order valence-corrected chi connectivity index (χ4v) is 1.07. The second-order valence-corrected chi connectivity index (χ2v) is 4.03. The van der Waals surface area contributed by atoms with Crippen LogP contribution in [-0.4, -0.2) is 9.78 Å². The molecular formula is C10H18N2.